The standard InChI is InChI=1S/C8H10N4OS/c1-12-8(9-4-11-12)2-7(13)6-3-14-5-10-6/h3-5,7,13H,2H2,1H3. The van der Waals surface area contributed by atoms with E-state index >= 15 is 0 Å². The zero-order chi connectivity index (χ0) is 9.97. The Hall–Kier alpha value is -1.27. The molecule has 0 amide bonds. The van der Waals surface area contributed by atoms with E-state index < -0.39 is 6.10 Å². The van der Waals surface area contributed by atoms with E-state index in [1.54, 1.807) is 17.2 Å². The van der Waals surface area contributed by atoms with E-state index in [9.17, 15) is 5.11 Å². The Kier molecular flexibility index (Phi) is 2.55. The Bertz CT molecular complexity index is 397. The lowest BCUT2D eigenvalue weighted by Gasteiger charge is -2.06. The summed E-state index contributed by atoms with van der Waals surface area (Å²) in [6.07, 6.45) is 1.33. The van der Waals surface area contributed by atoms with Crippen LogP contribution in [0.3, 0.4) is 0 Å². The highest BCUT2D eigenvalue weighted by molar-refractivity contribution is 7.07. The van der Waals surface area contributed by atoms with E-state index in [0.717, 1.165) is 5.82 Å². The van der Waals surface area contributed by atoms with Gasteiger partial charge < -0.3 is 5.11 Å². The van der Waals surface area contributed by atoms with E-state index in [0.29, 0.717) is 12.1 Å². The van der Waals surface area contributed by atoms with Gasteiger partial charge in [0.05, 0.1) is 11.2 Å². The number of aromatic nitrogens is 4. The molecule has 2 aromatic heterocycles. The van der Waals surface area contributed by atoms with Crippen molar-refractivity contribution in [3.63, 3.8) is 0 Å². The normalized spacial score (nSPS) is 13.0. The minimum Gasteiger partial charge on any atom is -0.386 e. The van der Waals surface area contributed by atoms with Crippen LogP contribution in [0.5, 0.6) is 0 Å². The van der Waals surface area contributed by atoms with Crippen LogP contribution in [-0.4, -0.2) is 24.9 Å². The molecule has 0 radical (unpaired) electrons. The van der Waals surface area contributed by atoms with E-state index in [-0.39, 0.29) is 0 Å². The molecule has 0 aromatic carbocycles. The van der Waals surface area contributed by atoms with E-state index in [4.69, 9.17) is 0 Å². The Morgan fingerprint density at radius 2 is 2.43 bits per heavy atom. The highest BCUT2D eigenvalue weighted by Crippen LogP contribution is 2.16. The van der Waals surface area contributed by atoms with Crippen LogP contribution in [0, 0.1) is 0 Å². The molecular weight excluding hydrogens is 200 g/mol. The van der Waals surface area contributed by atoms with Gasteiger partial charge in [0.25, 0.3) is 0 Å². The molecule has 0 fully saturated rings. The predicted octanol–water partition coefficient (Wildman–Crippen LogP) is 0.548. The second kappa shape index (κ2) is 3.85. The van der Waals surface area contributed by atoms with Crippen LogP contribution in [0.25, 0.3) is 0 Å². The monoisotopic (exact) mass is 210 g/mol. The minimum absolute atomic E-state index is 0.445. The third kappa shape index (κ3) is 1.80. The first-order chi connectivity index (χ1) is 6.77. The molecule has 6 heteroatoms. The maximum Gasteiger partial charge on any atom is 0.138 e. The van der Waals surface area contributed by atoms with Gasteiger partial charge in [-0.05, 0) is 0 Å². The third-order valence-electron chi connectivity index (χ3n) is 1.97. The molecule has 1 unspecified atom stereocenters. The summed E-state index contributed by atoms with van der Waals surface area (Å²) in [4.78, 5) is 8.07. The molecule has 0 spiro atoms. The molecule has 0 aliphatic carbocycles. The lowest BCUT2D eigenvalue weighted by Crippen LogP contribution is -2.07. The summed E-state index contributed by atoms with van der Waals surface area (Å²) in [5.74, 6) is 0.755. The van der Waals surface area contributed by atoms with Gasteiger partial charge in [0, 0.05) is 18.8 Å². The highest BCUT2D eigenvalue weighted by atomic mass is 32.1. The second-order valence-corrected chi connectivity index (χ2v) is 3.65. The number of aliphatic hydroxyl groups excluding tert-OH is 1. The van der Waals surface area contributed by atoms with Crippen LogP contribution in [0.1, 0.15) is 17.6 Å². The molecular formula is C8H10N4OS. The van der Waals surface area contributed by atoms with Crippen molar-refractivity contribution < 1.29 is 5.11 Å². The minimum atomic E-state index is -0.593. The van der Waals surface area contributed by atoms with Crippen molar-refractivity contribution in [3.05, 3.63) is 28.7 Å². The molecule has 2 rings (SSSR count). The maximum absolute atomic E-state index is 9.77. The zero-order valence-corrected chi connectivity index (χ0v) is 8.48. The maximum atomic E-state index is 9.77. The van der Waals surface area contributed by atoms with Crippen molar-refractivity contribution in [2.75, 3.05) is 0 Å². The first kappa shape index (κ1) is 9.29. The molecule has 5 nitrogen and oxygen atoms in total. The van der Waals surface area contributed by atoms with Gasteiger partial charge in [-0.1, -0.05) is 0 Å². The van der Waals surface area contributed by atoms with Gasteiger partial charge in [0.2, 0.25) is 0 Å². The number of aliphatic hydroxyl groups is 1. The summed E-state index contributed by atoms with van der Waals surface area (Å²) in [6, 6.07) is 0. The van der Waals surface area contributed by atoms with Crippen molar-refractivity contribution >= 4 is 11.3 Å². The van der Waals surface area contributed by atoms with Crippen molar-refractivity contribution in [2.24, 2.45) is 7.05 Å². The van der Waals surface area contributed by atoms with Crippen LogP contribution in [-0.2, 0) is 13.5 Å². The molecule has 0 aliphatic rings. The SMILES string of the molecule is Cn1ncnc1CC(O)c1cscn1. The summed E-state index contributed by atoms with van der Waals surface area (Å²) < 4.78 is 1.65. The van der Waals surface area contributed by atoms with Crippen LogP contribution >= 0.6 is 11.3 Å². The molecule has 0 saturated carbocycles. The fourth-order valence-electron chi connectivity index (χ4n) is 1.17. The first-order valence-corrected chi connectivity index (χ1v) is 5.10. The number of hydrogen-bond donors (Lipinski definition) is 1. The second-order valence-electron chi connectivity index (χ2n) is 2.93. The van der Waals surface area contributed by atoms with Crippen molar-refractivity contribution in [3.8, 4) is 0 Å². The van der Waals surface area contributed by atoms with Crippen molar-refractivity contribution in [1.82, 2.24) is 19.7 Å². The molecule has 14 heavy (non-hydrogen) atoms. The summed E-state index contributed by atoms with van der Waals surface area (Å²) in [7, 11) is 1.80. The Morgan fingerprint density at radius 3 is 3.00 bits per heavy atom. The third-order valence-corrected chi connectivity index (χ3v) is 2.58. The van der Waals surface area contributed by atoms with Crippen LogP contribution in [0.2, 0.25) is 0 Å². The predicted molar refractivity (Wildman–Crippen MR) is 51.8 cm³/mol. The van der Waals surface area contributed by atoms with Crippen LogP contribution < -0.4 is 0 Å². The fourth-order valence-corrected chi connectivity index (χ4v) is 1.77. The van der Waals surface area contributed by atoms with Gasteiger partial charge in [0.15, 0.2) is 0 Å². The molecule has 0 bridgehead atoms. The van der Waals surface area contributed by atoms with Crippen LogP contribution in [0.4, 0.5) is 0 Å². The van der Waals surface area contributed by atoms with E-state index in [1.165, 1.54) is 17.7 Å². The first-order valence-electron chi connectivity index (χ1n) is 4.16. The van der Waals surface area contributed by atoms with Crippen molar-refractivity contribution in [1.29, 1.82) is 0 Å². The Balaban J connectivity index is 2.09. The summed E-state index contributed by atoms with van der Waals surface area (Å²) in [5.41, 5.74) is 2.40. The van der Waals surface area contributed by atoms with Crippen molar-refractivity contribution in [2.45, 2.75) is 12.5 Å². The quantitative estimate of drug-likeness (QED) is 0.803. The lowest BCUT2D eigenvalue weighted by molar-refractivity contribution is 0.170. The molecule has 2 heterocycles. The molecule has 0 aliphatic heterocycles. The highest BCUT2D eigenvalue weighted by Gasteiger charge is 2.13. The summed E-state index contributed by atoms with van der Waals surface area (Å²) >= 11 is 1.47. The Morgan fingerprint density at radius 1 is 1.57 bits per heavy atom. The average molecular weight is 210 g/mol. The Labute approximate surface area is 85.1 Å². The lowest BCUT2D eigenvalue weighted by atomic mass is 10.2. The number of aryl methyl sites for hydroxylation is 1. The molecule has 1 N–H and O–H groups in total. The van der Waals surface area contributed by atoms with Gasteiger partial charge in [-0.25, -0.2) is 9.97 Å². The molecule has 1 atom stereocenters. The number of rotatable bonds is 3. The summed E-state index contributed by atoms with van der Waals surface area (Å²) in [5, 5.41) is 15.5. The number of hydrogen-bond acceptors (Lipinski definition) is 5. The van der Waals surface area contributed by atoms with Gasteiger partial charge in [-0.3, -0.25) is 4.68 Å². The topological polar surface area (TPSA) is 63.8 Å². The van der Waals surface area contributed by atoms with E-state index in [2.05, 4.69) is 15.1 Å². The largest absolute Gasteiger partial charge is 0.386 e. The fraction of sp³-hybridized carbons (Fsp3) is 0.375. The average Bonchev–Trinajstić information content (AvgIpc) is 2.77. The smallest absolute Gasteiger partial charge is 0.138 e. The van der Waals surface area contributed by atoms with Gasteiger partial charge in [-0.15, -0.1) is 11.3 Å². The zero-order valence-electron chi connectivity index (χ0n) is 7.66. The van der Waals surface area contributed by atoms with Crippen LogP contribution in [0.15, 0.2) is 17.2 Å². The molecule has 0 saturated heterocycles. The molecule has 74 valence electrons. The number of nitrogens with zero attached hydrogens (tertiary/aromatic N) is 4. The van der Waals surface area contributed by atoms with Gasteiger partial charge in [0.1, 0.15) is 18.3 Å². The summed E-state index contributed by atoms with van der Waals surface area (Å²) in [6.45, 7) is 0. The van der Waals surface area contributed by atoms with Gasteiger partial charge in [-0.2, -0.15) is 5.10 Å². The molecule has 2 aromatic rings. The van der Waals surface area contributed by atoms with E-state index in [1.807, 2.05) is 5.38 Å². The van der Waals surface area contributed by atoms with Gasteiger partial charge >= 0.3 is 0 Å². The number of thiazole rings is 1.